The van der Waals surface area contributed by atoms with Crippen LogP contribution in [0.15, 0.2) is 12.2 Å². The molecule has 0 saturated carbocycles. The van der Waals surface area contributed by atoms with Crippen LogP contribution in [0.3, 0.4) is 0 Å². The Kier molecular flexibility index (Phi) is 12.7. The van der Waals surface area contributed by atoms with Crippen molar-refractivity contribution < 1.29 is 19.5 Å². The van der Waals surface area contributed by atoms with E-state index in [9.17, 15) is 9.59 Å². The first-order valence-corrected chi connectivity index (χ1v) is 7.85. The summed E-state index contributed by atoms with van der Waals surface area (Å²) in [4.78, 5) is 27.2. The first-order valence-electron chi connectivity index (χ1n) is 7.85. The Bertz CT molecular complexity index is 315. The number of allylic oxidation sites excluding steroid dienone is 1. The molecule has 0 unspecified atom stereocenters. The van der Waals surface area contributed by atoms with Crippen molar-refractivity contribution in [2.75, 3.05) is 13.7 Å². The maximum atomic E-state index is 11.8. The summed E-state index contributed by atoms with van der Waals surface area (Å²) >= 11 is 0. The van der Waals surface area contributed by atoms with Gasteiger partial charge in [-0.05, 0) is 19.3 Å². The zero-order chi connectivity index (χ0) is 15.9. The third-order valence-electron chi connectivity index (χ3n) is 3.20. The van der Waals surface area contributed by atoms with Crippen molar-refractivity contribution in [3.05, 3.63) is 12.2 Å². The molecule has 21 heavy (non-hydrogen) atoms. The highest BCUT2D eigenvalue weighted by molar-refractivity contribution is 5.86. The van der Waals surface area contributed by atoms with E-state index in [0.717, 1.165) is 12.8 Å². The van der Waals surface area contributed by atoms with Gasteiger partial charge in [0, 0.05) is 19.0 Å². The maximum Gasteiger partial charge on any atom is 0.303 e. The topological polar surface area (TPSA) is 66.8 Å². The van der Waals surface area contributed by atoms with Crippen molar-refractivity contribution in [2.24, 2.45) is 0 Å². The van der Waals surface area contributed by atoms with Crippen LogP contribution in [0.4, 0.5) is 0 Å². The van der Waals surface area contributed by atoms with Gasteiger partial charge in [0.25, 0.3) is 5.91 Å². The number of nitrogens with zero attached hydrogens (tertiary/aromatic N) is 1. The quantitative estimate of drug-likeness (QED) is 0.321. The number of amides is 1. The molecule has 0 radical (unpaired) electrons. The molecule has 0 aliphatic carbocycles. The van der Waals surface area contributed by atoms with Crippen molar-refractivity contribution in [3.63, 3.8) is 0 Å². The second-order valence-corrected chi connectivity index (χ2v) is 5.08. The minimum Gasteiger partial charge on any atom is -0.481 e. The van der Waals surface area contributed by atoms with Gasteiger partial charge in [0.2, 0.25) is 0 Å². The van der Waals surface area contributed by atoms with Crippen LogP contribution in [0, 0.1) is 0 Å². The van der Waals surface area contributed by atoms with Gasteiger partial charge in [0.1, 0.15) is 0 Å². The molecule has 5 nitrogen and oxygen atoms in total. The van der Waals surface area contributed by atoms with E-state index in [2.05, 4.69) is 6.92 Å². The summed E-state index contributed by atoms with van der Waals surface area (Å²) in [6.07, 6.45) is 12.1. The minimum atomic E-state index is -0.864. The van der Waals surface area contributed by atoms with Crippen molar-refractivity contribution in [1.82, 2.24) is 5.06 Å². The number of aliphatic carboxylic acids is 1. The number of rotatable bonds is 13. The number of hydrogen-bond acceptors (Lipinski definition) is 3. The predicted octanol–water partition coefficient (Wildman–Crippen LogP) is 3.55. The molecule has 0 atom stereocenters. The fourth-order valence-electron chi connectivity index (χ4n) is 1.98. The van der Waals surface area contributed by atoms with Crippen LogP contribution in [-0.2, 0) is 14.4 Å². The third-order valence-corrected chi connectivity index (χ3v) is 3.20. The molecular weight excluding hydrogens is 270 g/mol. The van der Waals surface area contributed by atoms with Gasteiger partial charge >= 0.3 is 5.97 Å². The maximum absolute atomic E-state index is 11.8. The van der Waals surface area contributed by atoms with Crippen LogP contribution in [0.1, 0.15) is 64.7 Å². The summed E-state index contributed by atoms with van der Waals surface area (Å²) < 4.78 is 0. The number of carbonyl (C=O) groups excluding carboxylic acids is 1. The zero-order valence-corrected chi connectivity index (χ0v) is 13.3. The van der Waals surface area contributed by atoms with Crippen molar-refractivity contribution in [2.45, 2.75) is 64.7 Å². The number of carboxylic acids is 1. The average molecular weight is 299 g/mol. The lowest BCUT2D eigenvalue weighted by Gasteiger charge is -2.17. The number of carbonyl (C=O) groups is 2. The molecule has 0 fully saturated rings. The molecule has 0 heterocycles. The van der Waals surface area contributed by atoms with E-state index in [-0.39, 0.29) is 12.3 Å². The van der Waals surface area contributed by atoms with Crippen LogP contribution >= 0.6 is 0 Å². The van der Waals surface area contributed by atoms with E-state index in [1.807, 2.05) is 6.08 Å². The molecule has 1 N–H and O–H groups in total. The van der Waals surface area contributed by atoms with Gasteiger partial charge in [-0.25, -0.2) is 5.06 Å². The Labute approximate surface area is 127 Å². The molecule has 1 amide bonds. The van der Waals surface area contributed by atoms with E-state index in [1.54, 1.807) is 0 Å². The van der Waals surface area contributed by atoms with Crippen molar-refractivity contribution in [1.29, 1.82) is 0 Å². The van der Waals surface area contributed by atoms with E-state index in [1.165, 1.54) is 50.4 Å². The van der Waals surface area contributed by atoms with Gasteiger partial charge in [0.05, 0.1) is 7.11 Å². The number of hydrogen-bond donors (Lipinski definition) is 1. The van der Waals surface area contributed by atoms with Crippen LogP contribution in [0.25, 0.3) is 0 Å². The summed E-state index contributed by atoms with van der Waals surface area (Å²) in [6.45, 7) is 2.50. The molecule has 5 heteroatoms. The van der Waals surface area contributed by atoms with Crippen LogP contribution in [-0.4, -0.2) is 35.7 Å². The van der Waals surface area contributed by atoms with Gasteiger partial charge in [-0.3, -0.25) is 14.4 Å². The smallest absolute Gasteiger partial charge is 0.303 e. The summed E-state index contributed by atoms with van der Waals surface area (Å²) in [5.74, 6) is -1.09. The molecule has 0 aromatic heterocycles. The van der Waals surface area contributed by atoms with Crippen LogP contribution in [0.2, 0.25) is 0 Å². The monoisotopic (exact) mass is 299 g/mol. The third kappa shape index (κ3) is 12.1. The minimum absolute atomic E-state index is 0.0363. The number of unbranched alkanes of at least 4 members (excludes halogenated alkanes) is 6. The predicted molar refractivity (Wildman–Crippen MR) is 82.7 cm³/mol. The van der Waals surface area contributed by atoms with Gasteiger partial charge in [-0.15, -0.1) is 0 Å². The van der Waals surface area contributed by atoms with Gasteiger partial charge in [-0.2, -0.15) is 0 Å². The summed E-state index contributed by atoms with van der Waals surface area (Å²) in [5.41, 5.74) is 0. The molecule has 122 valence electrons. The summed E-state index contributed by atoms with van der Waals surface area (Å²) in [6, 6.07) is 0. The second kappa shape index (κ2) is 13.6. The highest BCUT2D eigenvalue weighted by Crippen LogP contribution is 2.07. The Balaban J connectivity index is 3.76. The Morgan fingerprint density at radius 3 is 2.38 bits per heavy atom. The first-order chi connectivity index (χ1) is 10.1. The lowest BCUT2D eigenvalue weighted by atomic mass is 10.1. The molecule has 0 saturated heterocycles. The molecular formula is C16H29NO4. The largest absolute Gasteiger partial charge is 0.481 e. The molecule has 0 aliphatic heterocycles. The van der Waals surface area contributed by atoms with E-state index in [0.29, 0.717) is 13.0 Å². The number of hydroxylamine groups is 2. The average Bonchev–Trinajstić information content (AvgIpc) is 2.46. The number of carboxylic acid groups (broad SMARTS) is 1. The van der Waals surface area contributed by atoms with Gasteiger partial charge in [0.15, 0.2) is 0 Å². The van der Waals surface area contributed by atoms with Gasteiger partial charge in [-0.1, -0.05) is 45.1 Å². The fourth-order valence-corrected chi connectivity index (χ4v) is 1.98. The van der Waals surface area contributed by atoms with E-state index in [4.69, 9.17) is 9.94 Å². The van der Waals surface area contributed by atoms with Gasteiger partial charge < -0.3 is 5.11 Å². The SMILES string of the molecule is CCCCCCCCC=CC(=O)N(CCCC(=O)O)OC. The van der Waals surface area contributed by atoms with E-state index >= 15 is 0 Å². The fraction of sp³-hybridized carbons (Fsp3) is 0.750. The highest BCUT2D eigenvalue weighted by Gasteiger charge is 2.10. The van der Waals surface area contributed by atoms with E-state index < -0.39 is 5.97 Å². The standard InChI is InChI=1S/C16H29NO4/c1-3-4-5-6-7-8-9-10-12-15(18)17(21-2)14-11-13-16(19)20/h10,12H,3-9,11,13-14H2,1-2H3,(H,19,20). The second-order valence-electron chi connectivity index (χ2n) is 5.08. The first kappa shape index (κ1) is 19.6. The summed E-state index contributed by atoms with van der Waals surface area (Å²) in [5, 5.41) is 9.75. The Morgan fingerprint density at radius 2 is 1.76 bits per heavy atom. The lowest BCUT2D eigenvalue weighted by molar-refractivity contribution is -0.171. The van der Waals surface area contributed by atoms with Crippen LogP contribution in [0.5, 0.6) is 0 Å². The highest BCUT2D eigenvalue weighted by atomic mass is 16.7. The molecule has 0 spiro atoms. The van der Waals surface area contributed by atoms with Crippen molar-refractivity contribution >= 4 is 11.9 Å². The zero-order valence-electron chi connectivity index (χ0n) is 13.3. The Hall–Kier alpha value is -1.36. The lowest BCUT2D eigenvalue weighted by Crippen LogP contribution is -2.29. The Morgan fingerprint density at radius 1 is 1.10 bits per heavy atom. The summed E-state index contributed by atoms with van der Waals surface area (Å²) in [7, 11) is 1.42. The molecule has 0 aromatic carbocycles. The molecule has 0 aromatic rings. The van der Waals surface area contributed by atoms with Crippen molar-refractivity contribution in [3.8, 4) is 0 Å². The molecule has 0 bridgehead atoms. The molecule has 0 rings (SSSR count). The molecule has 0 aliphatic rings. The van der Waals surface area contributed by atoms with Crippen LogP contribution < -0.4 is 0 Å². The normalized spacial score (nSPS) is 11.0.